The van der Waals surface area contributed by atoms with Crippen molar-refractivity contribution < 1.29 is 14.3 Å². The number of anilines is 1. The van der Waals surface area contributed by atoms with Gasteiger partial charge in [-0.25, -0.2) is 0 Å². The monoisotopic (exact) mass is 342 g/mol. The molecule has 1 atom stereocenters. The predicted octanol–water partition coefficient (Wildman–Crippen LogP) is 2.21. The molecule has 2 heterocycles. The number of amides is 2. The van der Waals surface area contributed by atoms with Crippen LogP contribution in [0.15, 0.2) is 18.2 Å². The SMILES string of the molecule is O=C([C@@H]1CCN(c2cc(Cl)ccc2Cl)C1=O)N1CCOCC1. The molecule has 1 aromatic rings. The van der Waals surface area contributed by atoms with E-state index >= 15 is 0 Å². The number of benzene rings is 1. The van der Waals surface area contributed by atoms with Crippen molar-refractivity contribution in [3.05, 3.63) is 28.2 Å². The number of carbonyl (C=O) groups excluding carboxylic acids is 2. The lowest BCUT2D eigenvalue weighted by atomic mass is 10.1. The maximum atomic E-state index is 12.6. The molecule has 2 aliphatic heterocycles. The van der Waals surface area contributed by atoms with E-state index in [1.54, 1.807) is 28.0 Å². The molecule has 0 spiro atoms. The van der Waals surface area contributed by atoms with E-state index in [1.807, 2.05) is 0 Å². The Kier molecular flexibility index (Phi) is 4.57. The number of ether oxygens (including phenoxy) is 1. The van der Waals surface area contributed by atoms with Crippen LogP contribution in [0.3, 0.4) is 0 Å². The first kappa shape index (κ1) is 15.6. The van der Waals surface area contributed by atoms with Gasteiger partial charge in [0.1, 0.15) is 5.92 Å². The Morgan fingerprint density at radius 2 is 1.91 bits per heavy atom. The fourth-order valence-corrected chi connectivity index (χ4v) is 3.23. The molecular weight excluding hydrogens is 327 g/mol. The van der Waals surface area contributed by atoms with Gasteiger partial charge in [0.15, 0.2) is 0 Å². The number of halogens is 2. The van der Waals surface area contributed by atoms with E-state index in [2.05, 4.69) is 0 Å². The summed E-state index contributed by atoms with van der Waals surface area (Å²) < 4.78 is 5.24. The molecule has 0 N–H and O–H groups in total. The van der Waals surface area contributed by atoms with Gasteiger partial charge in [-0.1, -0.05) is 23.2 Å². The third kappa shape index (κ3) is 2.93. The van der Waals surface area contributed by atoms with Crippen LogP contribution in [0.2, 0.25) is 10.0 Å². The highest BCUT2D eigenvalue weighted by Crippen LogP contribution is 2.34. The van der Waals surface area contributed by atoms with Crippen LogP contribution >= 0.6 is 23.2 Å². The molecule has 1 aromatic carbocycles. The first-order valence-corrected chi connectivity index (χ1v) is 7.96. The van der Waals surface area contributed by atoms with Crippen LogP contribution in [-0.4, -0.2) is 49.6 Å². The molecule has 7 heteroatoms. The zero-order valence-corrected chi connectivity index (χ0v) is 13.4. The summed E-state index contributed by atoms with van der Waals surface area (Å²) in [5, 5.41) is 0.965. The van der Waals surface area contributed by atoms with Gasteiger partial charge in [-0.15, -0.1) is 0 Å². The number of hydrogen-bond donors (Lipinski definition) is 0. The third-order valence-electron chi connectivity index (χ3n) is 4.03. The summed E-state index contributed by atoms with van der Waals surface area (Å²) in [5.74, 6) is -0.956. The third-order valence-corrected chi connectivity index (χ3v) is 4.58. The Bertz CT molecular complexity index is 602. The lowest BCUT2D eigenvalue weighted by molar-refractivity contribution is -0.143. The zero-order chi connectivity index (χ0) is 15.7. The highest BCUT2D eigenvalue weighted by atomic mass is 35.5. The van der Waals surface area contributed by atoms with Gasteiger partial charge < -0.3 is 14.5 Å². The van der Waals surface area contributed by atoms with Crippen LogP contribution in [-0.2, 0) is 14.3 Å². The largest absolute Gasteiger partial charge is 0.378 e. The number of morpholine rings is 1. The van der Waals surface area contributed by atoms with Crippen LogP contribution in [0.4, 0.5) is 5.69 Å². The fourth-order valence-electron chi connectivity index (χ4n) is 2.85. The summed E-state index contributed by atoms with van der Waals surface area (Å²) in [6, 6.07) is 4.98. The smallest absolute Gasteiger partial charge is 0.239 e. The molecule has 2 saturated heterocycles. The maximum absolute atomic E-state index is 12.6. The molecule has 118 valence electrons. The van der Waals surface area contributed by atoms with Crippen LogP contribution in [0.25, 0.3) is 0 Å². The number of hydrogen-bond acceptors (Lipinski definition) is 3. The molecule has 0 bridgehead atoms. The second kappa shape index (κ2) is 6.44. The quantitative estimate of drug-likeness (QED) is 0.774. The van der Waals surface area contributed by atoms with Crippen molar-refractivity contribution in [2.75, 3.05) is 37.7 Å². The minimum Gasteiger partial charge on any atom is -0.378 e. The standard InChI is InChI=1S/C15H16Cl2N2O3/c16-10-1-2-12(17)13(9-10)19-4-3-11(15(19)21)14(20)18-5-7-22-8-6-18/h1-2,9,11H,3-8H2/t11-/m0/s1. The minimum atomic E-state index is -0.631. The average Bonchev–Trinajstić information content (AvgIpc) is 2.91. The molecule has 5 nitrogen and oxygen atoms in total. The maximum Gasteiger partial charge on any atom is 0.239 e. The van der Waals surface area contributed by atoms with Crippen molar-refractivity contribution >= 4 is 40.7 Å². The van der Waals surface area contributed by atoms with Crippen LogP contribution in [0.5, 0.6) is 0 Å². The van der Waals surface area contributed by atoms with E-state index in [9.17, 15) is 9.59 Å². The Balaban J connectivity index is 1.77. The molecule has 0 aromatic heterocycles. The Labute approximate surface area is 138 Å². The Morgan fingerprint density at radius 3 is 2.64 bits per heavy atom. The number of carbonyl (C=O) groups is 2. The van der Waals surface area contributed by atoms with Crippen LogP contribution in [0.1, 0.15) is 6.42 Å². The lowest BCUT2D eigenvalue weighted by Crippen LogP contribution is -2.45. The normalized spacial score (nSPS) is 22.3. The zero-order valence-electron chi connectivity index (χ0n) is 11.9. The Hall–Kier alpha value is -1.30. The van der Waals surface area contributed by atoms with E-state index in [4.69, 9.17) is 27.9 Å². The molecule has 22 heavy (non-hydrogen) atoms. The van der Waals surface area contributed by atoms with Crippen molar-refractivity contribution in [2.24, 2.45) is 5.92 Å². The highest BCUT2D eigenvalue weighted by molar-refractivity contribution is 6.36. The Morgan fingerprint density at radius 1 is 1.18 bits per heavy atom. The van der Waals surface area contributed by atoms with Crippen molar-refractivity contribution in [3.8, 4) is 0 Å². The van der Waals surface area contributed by atoms with Gasteiger partial charge in [0.25, 0.3) is 0 Å². The van der Waals surface area contributed by atoms with Gasteiger partial charge in [0, 0.05) is 24.7 Å². The molecule has 2 fully saturated rings. The van der Waals surface area contributed by atoms with Crippen molar-refractivity contribution in [3.63, 3.8) is 0 Å². The molecule has 2 amide bonds. The summed E-state index contributed by atoms with van der Waals surface area (Å²) in [7, 11) is 0. The predicted molar refractivity (Wildman–Crippen MR) is 84.3 cm³/mol. The number of rotatable bonds is 2. The van der Waals surface area contributed by atoms with Gasteiger partial charge in [0.05, 0.1) is 23.9 Å². The summed E-state index contributed by atoms with van der Waals surface area (Å²) in [6.45, 7) is 2.60. The summed E-state index contributed by atoms with van der Waals surface area (Å²) in [6.07, 6.45) is 0.498. The van der Waals surface area contributed by atoms with E-state index in [0.29, 0.717) is 55.0 Å². The topological polar surface area (TPSA) is 49.9 Å². The van der Waals surface area contributed by atoms with Crippen LogP contribution in [0, 0.1) is 5.92 Å². The van der Waals surface area contributed by atoms with E-state index in [-0.39, 0.29) is 11.8 Å². The first-order valence-electron chi connectivity index (χ1n) is 7.21. The summed E-state index contributed by atoms with van der Waals surface area (Å²) in [5.41, 5.74) is 0.566. The second-order valence-corrected chi connectivity index (χ2v) is 6.21. The van der Waals surface area contributed by atoms with Gasteiger partial charge in [-0.2, -0.15) is 0 Å². The van der Waals surface area contributed by atoms with Crippen molar-refractivity contribution in [2.45, 2.75) is 6.42 Å². The van der Waals surface area contributed by atoms with Gasteiger partial charge >= 0.3 is 0 Å². The molecule has 0 radical (unpaired) electrons. The van der Waals surface area contributed by atoms with Crippen LogP contribution < -0.4 is 4.90 Å². The lowest BCUT2D eigenvalue weighted by Gasteiger charge is -2.28. The highest BCUT2D eigenvalue weighted by Gasteiger charge is 2.40. The molecule has 2 aliphatic rings. The average molecular weight is 343 g/mol. The molecule has 0 aliphatic carbocycles. The van der Waals surface area contributed by atoms with Gasteiger partial charge in [-0.3, -0.25) is 9.59 Å². The summed E-state index contributed by atoms with van der Waals surface area (Å²) >= 11 is 12.1. The number of nitrogens with zero attached hydrogens (tertiary/aromatic N) is 2. The second-order valence-electron chi connectivity index (χ2n) is 5.36. The molecule has 0 saturated carbocycles. The van der Waals surface area contributed by atoms with Crippen molar-refractivity contribution in [1.29, 1.82) is 0 Å². The molecule has 0 unspecified atom stereocenters. The van der Waals surface area contributed by atoms with E-state index in [0.717, 1.165) is 0 Å². The van der Waals surface area contributed by atoms with E-state index < -0.39 is 5.92 Å². The van der Waals surface area contributed by atoms with Gasteiger partial charge in [-0.05, 0) is 24.6 Å². The summed E-state index contributed by atoms with van der Waals surface area (Å²) in [4.78, 5) is 28.4. The molecule has 3 rings (SSSR count). The van der Waals surface area contributed by atoms with Crippen molar-refractivity contribution in [1.82, 2.24) is 4.90 Å². The fraction of sp³-hybridized carbons (Fsp3) is 0.467. The van der Waals surface area contributed by atoms with Gasteiger partial charge in [0.2, 0.25) is 11.8 Å². The van der Waals surface area contributed by atoms with E-state index in [1.165, 1.54) is 0 Å². The minimum absolute atomic E-state index is 0.117. The molecular formula is C15H16Cl2N2O3. The first-order chi connectivity index (χ1) is 10.6.